The standard InChI is InChI=1S/C14H13Cl2NO2/c1-2-18-10-4-3-5-11(8-10)19-14-12(15)6-9(17)7-13(14)16/h3-8H,2,17H2,1H3. The van der Waals surface area contributed by atoms with Gasteiger partial charge < -0.3 is 15.2 Å². The predicted octanol–water partition coefficient (Wildman–Crippen LogP) is 4.77. The Bertz CT molecular complexity index is 564. The molecule has 0 heterocycles. The van der Waals surface area contributed by atoms with Gasteiger partial charge in [-0.3, -0.25) is 0 Å². The Kier molecular flexibility index (Phi) is 4.40. The van der Waals surface area contributed by atoms with E-state index >= 15 is 0 Å². The van der Waals surface area contributed by atoms with Gasteiger partial charge in [0.15, 0.2) is 5.75 Å². The van der Waals surface area contributed by atoms with Gasteiger partial charge in [0.05, 0.1) is 16.7 Å². The van der Waals surface area contributed by atoms with Gasteiger partial charge in [0.1, 0.15) is 11.5 Å². The molecule has 19 heavy (non-hydrogen) atoms. The number of nitrogen functional groups attached to an aromatic ring is 1. The van der Waals surface area contributed by atoms with Gasteiger partial charge in [0.25, 0.3) is 0 Å². The highest BCUT2D eigenvalue weighted by molar-refractivity contribution is 6.37. The van der Waals surface area contributed by atoms with Crippen LogP contribution in [0, 0.1) is 0 Å². The lowest BCUT2D eigenvalue weighted by atomic mass is 10.3. The number of nitrogens with two attached hydrogens (primary N) is 1. The van der Waals surface area contributed by atoms with E-state index in [2.05, 4.69) is 0 Å². The molecule has 0 unspecified atom stereocenters. The maximum atomic E-state index is 6.06. The Morgan fingerprint density at radius 1 is 1.05 bits per heavy atom. The second kappa shape index (κ2) is 6.04. The quantitative estimate of drug-likeness (QED) is 0.827. The number of anilines is 1. The third-order valence-corrected chi connectivity index (χ3v) is 2.92. The van der Waals surface area contributed by atoms with Gasteiger partial charge >= 0.3 is 0 Å². The zero-order valence-electron chi connectivity index (χ0n) is 10.3. The topological polar surface area (TPSA) is 44.5 Å². The monoisotopic (exact) mass is 297 g/mol. The first-order valence-electron chi connectivity index (χ1n) is 5.75. The van der Waals surface area contributed by atoms with Gasteiger partial charge in [0, 0.05) is 11.8 Å². The van der Waals surface area contributed by atoms with Crippen molar-refractivity contribution in [2.45, 2.75) is 6.92 Å². The van der Waals surface area contributed by atoms with Crippen molar-refractivity contribution in [1.29, 1.82) is 0 Å². The first-order chi connectivity index (χ1) is 9.10. The Balaban J connectivity index is 2.28. The van der Waals surface area contributed by atoms with E-state index in [-0.39, 0.29) is 0 Å². The van der Waals surface area contributed by atoms with E-state index in [9.17, 15) is 0 Å². The molecular weight excluding hydrogens is 285 g/mol. The third kappa shape index (κ3) is 3.46. The number of rotatable bonds is 4. The lowest BCUT2D eigenvalue weighted by Crippen LogP contribution is -1.93. The predicted molar refractivity (Wildman–Crippen MR) is 78.6 cm³/mol. The molecule has 0 atom stereocenters. The first-order valence-corrected chi connectivity index (χ1v) is 6.51. The summed E-state index contributed by atoms with van der Waals surface area (Å²) in [6, 6.07) is 10.4. The van der Waals surface area contributed by atoms with Crippen LogP contribution in [0.5, 0.6) is 17.2 Å². The molecule has 2 rings (SSSR count). The maximum absolute atomic E-state index is 6.06. The molecule has 0 aliphatic rings. The molecule has 0 saturated carbocycles. The van der Waals surface area contributed by atoms with E-state index in [0.29, 0.717) is 33.8 Å². The fourth-order valence-corrected chi connectivity index (χ4v) is 2.17. The van der Waals surface area contributed by atoms with Crippen LogP contribution in [0.2, 0.25) is 10.0 Å². The van der Waals surface area contributed by atoms with Crippen molar-refractivity contribution in [3.05, 3.63) is 46.4 Å². The van der Waals surface area contributed by atoms with Crippen molar-refractivity contribution >= 4 is 28.9 Å². The highest BCUT2D eigenvalue weighted by Gasteiger charge is 2.10. The Labute approximate surface area is 121 Å². The van der Waals surface area contributed by atoms with E-state index in [4.69, 9.17) is 38.4 Å². The second-order valence-corrected chi connectivity index (χ2v) is 4.64. The molecule has 0 amide bonds. The summed E-state index contributed by atoms with van der Waals surface area (Å²) in [7, 11) is 0. The second-order valence-electron chi connectivity index (χ2n) is 3.82. The molecule has 0 aliphatic heterocycles. The molecule has 2 aromatic rings. The minimum atomic E-state index is 0.367. The fourth-order valence-electron chi connectivity index (χ4n) is 1.59. The normalized spacial score (nSPS) is 10.3. The van der Waals surface area contributed by atoms with Gasteiger partial charge in [-0.2, -0.15) is 0 Å². The highest BCUT2D eigenvalue weighted by Crippen LogP contribution is 2.38. The summed E-state index contributed by atoms with van der Waals surface area (Å²) >= 11 is 12.1. The average Bonchev–Trinajstić information content (AvgIpc) is 2.35. The molecule has 0 aliphatic carbocycles. The largest absolute Gasteiger partial charge is 0.494 e. The summed E-state index contributed by atoms with van der Waals surface area (Å²) < 4.78 is 11.1. The van der Waals surface area contributed by atoms with E-state index in [1.165, 1.54) is 0 Å². The summed E-state index contributed by atoms with van der Waals surface area (Å²) in [5.41, 5.74) is 6.13. The van der Waals surface area contributed by atoms with Crippen LogP contribution in [0.25, 0.3) is 0 Å². The van der Waals surface area contributed by atoms with Crippen LogP contribution in [0.1, 0.15) is 6.92 Å². The van der Waals surface area contributed by atoms with Crippen molar-refractivity contribution in [3.8, 4) is 17.2 Å². The van der Waals surface area contributed by atoms with Crippen LogP contribution in [-0.4, -0.2) is 6.61 Å². The van der Waals surface area contributed by atoms with Crippen LogP contribution in [0.3, 0.4) is 0 Å². The van der Waals surface area contributed by atoms with Gasteiger partial charge in [-0.15, -0.1) is 0 Å². The summed E-state index contributed by atoms with van der Waals surface area (Å²) in [5.74, 6) is 1.70. The van der Waals surface area contributed by atoms with E-state index in [1.54, 1.807) is 24.3 Å². The number of ether oxygens (including phenoxy) is 2. The van der Waals surface area contributed by atoms with Gasteiger partial charge in [-0.05, 0) is 31.2 Å². The molecule has 2 aromatic carbocycles. The summed E-state index contributed by atoms with van der Waals surface area (Å²) in [6.07, 6.45) is 0. The summed E-state index contributed by atoms with van der Waals surface area (Å²) in [5, 5.41) is 0.735. The van der Waals surface area contributed by atoms with E-state index in [0.717, 1.165) is 5.75 Å². The van der Waals surface area contributed by atoms with Crippen LogP contribution < -0.4 is 15.2 Å². The fraction of sp³-hybridized carbons (Fsp3) is 0.143. The van der Waals surface area contributed by atoms with Crippen molar-refractivity contribution in [3.63, 3.8) is 0 Å². The average molecular weight is 298 g/mol. The third-order valence-electron chi connectivity index (χ3n) is 2.36. The van der Waals surface area contributed by atoms with E-state index in [1.807, 2.05) is 19.1 Å². The van der Waals surface area contributed by atoms with Crippen LogP contribution in [-0.2, 0) is 0 Å². The molecule has 5 heteroatoms. The van der Waals surface area contributed by atoms with Crippen LogP contribution >= 0.6 is 23.2 Å². The number of halogens is 2. The SMILES string of the molecule is CCOc1cccc(Oc2c(Cl)cc(N)cc2Cl)c1. The first kappa shape index (κ1) is 13.8. The van der Waals surface area contributed by atoms with Crippen molar-refractivity contribution in [2.75, 3.05) is 12.3 Å². The van der Waals surface area contributed by atoms with Crippen molar-refractivity contribution in [1.82, 2.24) is 0 Å². The molecule has 0 saturated heterocycles. The van der Waals surface area contributed by atoms with Crippen molar-refractivity contribution in [2.24, 2.45) is 0 Å². The Hall–Kier alpha value is -1.58. The Morgan fingerprint density at radius 2 is 1.68 bits per heavy atom. The summed E-state index contributed by atoms with van der Waals surface area (Å²) in [4.78, 5) is 0. The van der Waals surface area contributed by atoms with Gasteiger partial charge in [-0.1, -0.05) is 29.3 Å². The zero-order valence-corrected chi connectivity index (χ0v) is 11.8. The zero-order chi connectivity index (χ0) is 13.8. The molecule has 0 aromatic heterocycles. The number of hydrogen-bond acceptors (Lipinski definition) is 3. The van der Waals surface area contributed by atoms with Gasteiger partial charge in [0.2, 0.25) is 0 Å². The molecule has 0 bridgehead atoms. The molecule has 0 spiro atoms. The molecule has 100 valence electrons. The number of benzene rings is 2. The lowest BCUT2D eigenvalue weighted by molar-refractivity contribution is 0.338. The molecular formula is C14H13Cl2NO2. The minimum Gasteiger partial charge on any atom is -0.494 e. The maximum Gasteiger partial charge on any atom is 0.164 e. The van der Waals surface area contributed by atoms with Crippen LogP contribution in [0.4, 0.5) is 5.69 Å². The lowest BCUT2D eigenvalue weighted by Gasteiger charge is -2.11. The Morgan fingerprint density at radius 3 is 2.32 bits per heavy atom. The van der Waals surface area contributed by atoms with E-state index < -0.39 is 0 Å². The molecule has 0 fully saturated rings. The smallest absolute Gasteiger partial charge is 0.164 e. The highest BCUT2D eigenvalue weighted by atomic mass is 35.5. The number of hydrogen-bond donors (Lipinski definition) is 1. The molecule has 0 radical (unpaired) electrons. The molecule has 3 nitrogen and oxygen atoms in total. The van der Waals surface area contributed by atoms with Crippen molar-refractivity contribution < 1.29 is 9.47 Å². The van der Waals surface area contributed by atoms with Gasteiger partial charge in [-0.25, -0.2) is 0 Å². The van der Waals surface area contributed by atoms with Crippen LogP contribution in [0.15, 0.2) is 36.4 Å². The minimum absolute atomic E-state index is 0.367. The summed E-state index contributed by atoms with van der Waals surface area (Å²) in [6.45, 7) is 2.51. The molecule has 2 N–H and O–H groups in total.